The van der Waals surface area contributed by atoms with Gasteiger partial charge >= 0.3 is 5.63 Å². The van der Waals surface area contributed by atoms with Crippen LogP contribution in [-0.4, -0.2) is 14.8 Å². The zero-order valence-electron chi connectivity index (χ0n) is 20.7. The lowest BCUT2D eigenvalue weighted by molar-refractivity contribution is 0.273. The van der Waals surface area contributed by atoms with Gasteiger partial charge in [0.2, 0.25) is 0 Å². The quantitative estimate of drug-likeness (QED) is 0.0803. The number of rotatable bonds is 11. The van der Waals surface area contributed by atoms with Gasteiger partial charge in [-0.1, -0.05) is 80.4 Å². The van der Waals surface area contributed by atoms with Gasteiger partial charge in [0.05, 0.1) is 0 Å². The summed E-state index contributed by atoms with van der Waals surface area (Å²) in [6.07, 6.45) is 4.38. The van der Waals surface area contributed by atoms with E-state index in [4.69, 9.17) is 9.15 Å². The summed E-state index contributed by atoms with van der Waals surface area (Å²) in [5, 5.41) is 12.6. The summed E-state index contributed by atoms with van der Waals surface area (Å²) in [6.45, 7) is 3.04. The van der Waals surface area contributed by atoms with Crippen molar-refractivity contribution in [2.24, 2.45) is 0 Å². The molecule has 0 amide bonds. The lowest BCUT2D eigenvalue weighted by Gasteiger charge is -2.12. The minimum atomic E-state index is -0.409. The van der Waals surface area contributed by atoms with E-state index in [1.165, 1.54) is 17.8 Å². The van der Waals surface area contributed by atoms with E-state index in [-0.39, 0.29) is 18.0 Å². The highest BCUT2D eigenvalue weighted by atomic mass is 32.2. The molecule has 0 unspecified atom stereocenters. The fraction of sp³-hybridized carbons (Fsp3) is 0.276. The number of fused-ring (bicyclic) bond motifs is 3. The minimum absolute atomic E-state index is 0.116. The van der Waals surface area contributed by atoms with Gasteiger partial charge in [-0.05, 0) is 41.0 Å². The first-order chi connectivity index (χ1) is 18.1. The predicted molar refractivity (Wildman–Crippen MR) is 144 cm³/mol. The van der Waals surface area contributed by atoms with Crippen LogP contribution in [0, 0.1) is 5.82 Å². The number of aromatic nitrogens is 3. The maximum atomic E-state index is 14.1. The lowest BCUT2D eigenvalue weighted by Crippen LogP contribution is -2.09. The van der Waals surface area contributed by atoms with E-state index in [9.17, 15) is 9.18 Å². The second-order valence-electron chi connectivity index (χ2n) is 8.87. The molecule has 37 heavy (non-hydrogen) atoms. The molecular weight excluding hydrogens is 489 g/mol. The molecule has 3 aromatic carbocycles. The topological polar surface area (TPSA) is 70.2 Å². The first-order valence-corrected chi connectivity index (χ1v) is 13.5. The van der Waals surface area contributed by atoms with Crippen LogP contribution in [-0.2, 0) is 18.9 Å². The van der Waals surface area contributed by atoms with Gasteiger partial charge in [0.25, 0.3) is 0 Å². The van der Waals surface area contributed by atoms with Crippen molar-refractivity contribution in [1.82, 2.24) is 14.8 Å². The molecule has 0 fully saturated rings. The van der Waals surface area contributed by atoms with Crippen LogP contribution in [0.3, 0.4) is 0 Å². The highest BCUT2D eigenvalue weighted by Crippen LogP contribution is 2.31. The van der Waals surface area contributed by atoms with E-state index in [1.54, 1.807) is 24.3 Å². The second-order valence-corrected chi connectivity index (χ2v) is 9.81. The summed E-state index contributed by atoms with van der Waals surface area (Å²) in [7, 11) is 0. The number of unbranched alkanes of at least 4 members (excludes halogenated alkanes) is 3. The third kappa shape index (κ3) is 5.69. The predicted octanol–water partition coefficient (Wildman–Crippen LogP) is 7.13. The molecule has 2 heterocycles. The number of para-hydroxylation sites is 1. The molecule has 0 radical (unpaired) electrons. The summed E-state index contributed by atoms with van der Waals surface area (Å²) in [6, 6.07) is 19.8. The van der Waals surface area contributed by atoms with Crippen LogP contribution in [0.4, 0.5) is 4.39 Å². The minimum Gasteiger partial charge on any atom is -0.483 e. The van der Waals surface area contributed by atoms with Gasteiger partial charge < -0.3 is 13.7 Å². The van der Waals surface area contributed by atoms with Gasteiger partial charge in [-0.15, -0.1) is 10.2 Å². The molecule has 0 aliphatic carbocycles. The van der Waals surface area contributed by atoms with Crippen LogP contribution in [0.2, 0.25) is 0 Å². The Kier molecular flexibility index (Phi) is 7.84. The van der Waals surface area contributed by atoms with Crippen molar-refractivity contribution in [3.05, 3.63) is 94.4 Å². The highest BCUT2D eigenvalue weighted by molar-refractivity contribution is 7.98. The van der Waals surface area contributed by atoms with E-state index in [0.717, 1.165) is 59.1 Å². The van der Waals surface area contributed by atoms with Crippen molar-refractivity contribution in [2.75, 3.05) is 0 Å². The number of hydrogen-bond acceptors (Lipinski definition) is 6. The molecule has 0 bridgehead atoms. The number of ether oxygens (including phenoxy) is 1. The Morgan fingerprint density at radius 3 is 2.70 bits per heavy atom. The number of halogens is 1. The van der Waals surface area contributed by atoms with Crippen LogP contribution in [0.15, 0.2) is 81.1 Å². The Hall–Kier alpha value is -3.65. The van der Waals surface area contributed by atoms with Crippen molar-refractivity contribution >= 4 is 33.5 Å². The summed E-state index contributed by atoms with van der Waals surface area (Å²) in [5.41, 5.74) is 1.08. The van der Waals surface area contributed by atoms with E-state index in [0.29, 0.717) is 17.2 Å². The van der Waals surface area contributed by atoms with E-state index >= 15 is 0 Å². The third-order valence-electron chi connectivity index (χ3n) is 6.29. The van der Waals surface area contributed by atoms with Gasteiger partial charge in [0.1, 0.15) is 12.2 Å². The van der Waals surface area contributed by atoms with Crippen LogP contribution >= 0.6 is 11.8 Å². The fourth-order valence-electron chi connectivity index (χ4n) is 4.43. The first kappa shape index (κ1) is 25.0. The van der Waals surface area contributed by atoms with Gasteiger partial charge in [-0.3, -0.25) is 0 Å². The normalized spacial score (nSPS) is 11.4. The zero-order chi connectivity index (χ0) is 25.6. The molecule has 6 nitrogen and oxygen atoms in total. The summed E-state index contributed by atoms with van der Waals surface area (Å²) in [5.74, 6) is 0.946. The average molecular weight is 518 g/mol. The highest BCUT2D eigenvalue weighted by Gasteiger charge is 2.16. The van der Waals surface area contributed by atoms with Crippen molar-refractivity contribution in [3.8, 4) is 5.75 Å². The van der Waals surface area contributed by atoms with Gasteiger partial charge in [-0.2, -0.15) is 0 Å². The van der Waals surface area contributed by atoms with E-state index < -0.39 is 5.82 Å². The van der Waals surface area contributed by atoms with Crippen LogP contribution < -0.4 is 10.4 Å². The summed E-state index contributed by atoms with van der Waals surface area (Å²) < 4.78 is 27.3. The standard InChI is InChI=1S/C29H28FN3O3S/c1-2-3-4-9-16-33-26(18-35-24-13-8-7-12-23(24)30)31-32-29(33)37-19-21-17-27(34)36-25-15-14-20-10-5-6-11-22(20)28(21)25/h5-8,10-15,17H,2-4,9,16,18-19H2,1H3. The Bertz CT molecular complexity index is 1580. The second kappa shape index (κ2) is 11.6. The average Bonchev–Trinajstić information content (AvgIpc) is 3.30. The zero-order valence-corrected chi connectivity index (χ0v) is 21.5. The molecular formula is C29H28FN3O3S. The van der Waals surface area contributed by atoms with Crippen molar-refractivity contribution in [3.63, 3.8) is 0 Å². The van der Waals surface area contributed by atoms with Gasteiger partial charge in [0, 0.05) is 23.8 Å². The molecule has 8 heteroatoms. The maximum Gasteiger partial charge on any atom is 0.336 e. The number of nitrogens with zero attached hydrogens (tertiary/aromatic N) is 3. The SMILES string of the molecule is CCCCCCn1c(COc2ccccc2F)nnc1SCc1cc(=O)oc2ccc3ccccc3c12. The van der Waals surface area contributed by atoms with Crippen molar-refractivity contribution in [2.45, 2.75) is 56.7 Å². The molecule has 0 aliphatic heterocycles. The number of benzene rings is 3. The Morgan fingerprint density at radius 1 is 1.00 bits per heavy atom. The molecule has 0 aliphatic rings. The summed E-state index contributed by atoms with van der Waals surface area (Å²) in [4.78, 5) is 12.3. The van der Waals surface area contributed by atoms with Gasteiger partial charge in [-0.25, -0.2) is 9.18 Å². The Labute approximate surface area is 218 Å². The molecule has 0 spiro atoms. The maximum absolute atomic E-state index is 14.1. The van der Waals surface area contributed by atoms with Crippen molar-refractivity contribution in [1.29, 1.82) is 0 Å². The molecule has 0 N–H and O–H groups in total. The smallest absolute Gasteiger partial charge is 0.336 e. The molecule has 5 rings (SSSR count). The molecule has 5 aromatic rings. The number of hydrogen-bond donors (Lipinski definition) is 0. The molecule has 0 saturated carbocycles. The van der Waals surface area contributed by atoms with Crippen molar-refractivity contribution < 1.29 is 13.5 Å². The summed E-state index contributed by atoms with van der Waals surface area (Å²) >= 11 is 1.52. The molecule has 0 saturated heterocycles. The Morgan fingerprint density at radius 2 is 1.84 bits per heavy atom. The van der Waals surface area contributed by atoms with E-state index in [2.05, 4.69) is 17.1 Å². The van der Waals surface area contributed by atoms with Gasteiger partial charge in [0.15, 0.2) is 22.5 Å². The van der Waals surface area contributed by atoms with Crippen LogP contribution in [0.25, 0.3) is 21.7 Å². The van der Waals surface area contributed by atoms with Crippen LogP contribution in [0.5, 0.6) is 5.75 Å². The lowest BCUT2D eigenvalue weighted by atomic mass is 10.0. The monoisotopic (exact) mass is 517 g/mol. The fourth-order valence-corrected chi connectivity index (χ4v) is 5.40. The van der Waals surface area contributed by atoms with E-state index in [1.807, 2.05) is 41.0 Å². The number of thioether (sulfide) groups is 1. The molecule has 2 aromatic heterocycles. The molecule has 190 valence electrons. The first-order valence-electron chi connectivity index (χ1n) is 12.5. The Balaban J connectivity index is 1.42. The third-order valence-corrected chi connectivity index (χ3v) is 7.31. The molecule has 0 atom stereocenters. The largest absolute Gasteiger partial charge is 0.483 e. The van der Waals surface area contributed by atoms with Crippen LogP contribution in [0.1, 0.15) is 44.0 Å².